The number of aryl methyl sites for hydroxylation is 1. The third-order valence-electron chi connectivity index (χ3n) is 2.41. The van der Waals surface area contributed by atoms with Crippen LogP contribution in [0, 0.1) is 19.3 Å². The molecule has 0 aromatic heterocycles. The lowest BCUT2D eigenvalue weighted by atomic mass is 10.0. The molecule has 0 spiro atoms. The maximum absolute atomic E-state index is 11.1. The summed E-state index contributed by atoms with van der Waals surface area (Å²) in [6.07, 6.45) is 5.11. The van der Waals surface area contributed by atoms with Gasteiger partial charge >= 0.3 is 5.97 Å². The Morgan fingerprint density at radius 2 is 2.35 bits per heavy atom. The van der Waals surface area contributed by atoms with Gasteiger partial charge in [-0.2, -0.15) is 0 Å². The first-order chi connectivity index (χ1) is 8.10. The number of benzene rings is 1. The highest BCUT2D eigenvalue weighted by atomic mass is 16.5. The van der Waals surface area contributed by atoms with Gasteiger partial charge in [0, 0.05) is 0 Å². The van der Waals surface area contributed by atoms with E-state index >= 15 is 0 Å². The van der Waals surface area contributed by atoms with Crippen LogP contribution < -0.4 is 10.1 Å². The summed E-state index contributed by atoms with van der Waals surface area (Å²) in [5.41, 5.74) is 1.55. The number of ether oxygens (including phenoxy) is 1. The van der Waals surface area contributed by atoms with Crippen LogP contribution >= 0.6 is 0 Å². The number of carbonyl (C=O) groups is 1. The van der Waals surface area contributed by atoms with Gasteiger partial charge in [-0.1, -0.05) is 18.1 Å². The topological polar surface area (TPSA) is 58.6 Å². The van der Waals surface area contributed by atoms with Crippen LogP contribution in [-0.2, 0) is 4.79 Å². The fourth-order valence-electron chi connectivity index (χ4n) is 1.59. The summed E-state index contributed by atoms with van der Waals surface area (Å²) in [6.45, 7) is 2.07. The monoisotopic (exact) mass is 233 g/mol. The first-order valence-electron chi connectivity index (χ1n) is 5.14. The normalized spacial score (nSPS) is 11.6. The third-order valence-corrected chi connectivity index (χ3v) is 2.41. The van der Waals surface area contributed by atoms with Crippen LogP contribution in [0.4, 0.5) is 0 Å². The minimum atomic E-state index is -0.954. The molecule has 0 saturated heterocycles. The van der Waals surface area contributed by atoms with Crippen LogP contribution in [0.1, 0.15) is 17.2 Å². The van der Waals surface area contributed by atoms with E-state index in [9.17, 15) is 4.79 Å². The van der Waals surface area contributed by atoms with Gasteiger partial charge in [-0.3, -0.25) is 10.1 Å². The molecule has 1 atom stereocenters. The quantitative estimate of drug-likeness (QED) is 0.754. The van der Waals surface area contributed by atoms with Crippen molar-refractivity contribution in [2.24, 2.45) is 0 Å². The molecular formula is C13H15NO3. The fourth-order valence-corrected chi connectivity index (χ4v) is 1.59. The molecule has 17 heavy (non-hydrogen) atoms. The molecule has 1 aromatic rings. The molecule has 1 unspecified atom stereocenters. The second-order valence-electron chi connectivity index (χ2n) is 3.59. The second kappa shape index (κ2) is 5.92. The van der Waals surface area contributed by atoms with E-state index in [1.165, 1.54) is 0 Å². The number of aliphatic carboxylic acids is 1. The van der Waals surface area contributed by atoms with Crippen molar-refractivity contribution in [3.05, 3.63) is 29.3 Å². The van der Waals surface area contributed by atoms with Crippen LogP contribution in [0.25, 0.3) is 0 Å². The Morgan fingerprint density at radius 1 is 1.65 bits per heavy atom. The summed E-state index contributed by atoms with van der Waals surface area (Å²) < 4.78 is 5.12. The molecule has 2 N–H and O–H groups in total. The van der Waals surface area contributed by atoms with Crippen LogP contribution in [0.3, 0.4) is 0 Å². The van der Waals surface area contributed by atoms with Crippen molar-refractivity contribution in [2.75, 3.05) is 13.7 Å². The van der Waals surface area contributed by atoms with Gasteiger partial charge in [0.2, 0.25) is 0 Å². The largest absolute Gasteiger partial charge is 0.496 e. The molecule has 0 aliphatic carbocycles. The highest BCUT2D eigenvalue weighted by Crippen LogP contribution is 2.22. The molecule has 1 aromatic carbocycles. The molecule has 4 heteroatoms. The number of methoxy groups -OCH3 is 1. The Labute approximate surface area is 101 Å². The van der Waals surface area contributed by atoms with E-state index in [0.717, 1.165) is 11.3 Å². The molecule has 0 aliphatic heterocycles. The first kappa shape index (κ1) is 13.1. The average Bonchev–Trinajstić information content (AvgIpc) is 2.29. The van der Waals surface area contributed by atoms with Crippen LogP contribution in [0.5, 0.6) is 5.75 Å². The zero-order chi connectivity index (χ0) is 12.8. The summed E-state index contributed by atoms with van der Waals surface area (Å²) in [6, 6.07) is 4.45. The van der Waals surface area contributed by atoms with E-state index in [2.05, 4.69) is 11.2 Å². The molecule has 90 valence electrons. The number of carboxylic acids is 1. The summed E-state index contributed by atoms with van der Waals surface area (Å²) >= 11 is 0. The Kier molecular flexibility index (Phi) is 4.56. The lowest BCUT2D eigenvalue weighted by molar-refractivity contribution is -0.139. The number of carboxylic acid groups (broad SMARTS) is 1. The minimum absolute atomic E-state index is 0.210. The Balaban J connectivity index is 2.99. The van der Waals surface area contributed by atoms with Crippen molar-refractivity contribution in [2.45, 2.75) is 13.0 Å². The van der Waals surface area contributed by atoms with Gasteiger partial charge in [0.05, 0.1) is 13.7 Å². The Hall–Kier alpha value is -1.99. The number of terminal acetylenes is 1. The van der Waals surface area contributed by atoms with Gasteiger partial charge in [0.15, 0.2) is 0 Å². The molecule has 1 rings (SSSR count). The number of nitrogens with one attached hydrogen (secondary N) is 1. The fraction of sp³-hybridized carbons (Fsp3) is 0.308. The highest BCUT2D eigenvalue weighted by molar-refractivity contribution is 5.75. The van der Waals surface area contributed by atoms with E-state index in [-0.39, 0.29) is 6.54 Å². The molecular weight excluding hydrogens is 218 g/mol. The maximum atomic E-state index is 11.1. The van der Waals surface area contributed by atoms with Gasteiger partial charge in [0.1, 0.15) is 11.8 Å². The number of hydrogen-bond acceptors (Lipinski definition) is 3. The highest BCUT2D eigenvalue weighted by Gasteiger charge is 2.19. The van der Waals surface area contributed by atoms with E-state index in [0.29, 0.717) is 5.56 Å². The van der Waals surface area contributed by atoms with Crippen molar-refractivity contribution in [3.63, 3.8) is 0 Å². The predicted octanol–water partition coefficient (Wildman–Crippen LogP) is 1.35. The van der Waals surface area contributed by atoms with E-state index < -0.39 is 12.0 Å². The van der Waals surface area contributed by atoms with Crippen molar-refractivity contribution in [1.29, 1.82) is 0 Å². The predicted molar refractivity (Wildman–Crippen MR) is 64.9 cm³/mol. The zero-order valence-corrected chi connectivity index (χ0v) is 9.86. The Bertz CT molecular complexity index is 448. The van der Waals surface area contributed by atoms with Crippen molar-refractivity contribution in [1.82, 2.24) is 5.32 Å². The SMILES string of the molecule is C#CCNC(C(=O)O)c1ccc(OC)c(C)c1. The van der Waals surface area contributed by atoms with Gasteiger partial charge in [-0.05, 0) is 24.1 Å². The number of hydrogen-bond donors (Lipinski definition) is 2. The molecule has 0 radical (unpaired) electrons. The summed E-state index contributed by atoms with van der Waals surface area (Å²) in [7, 11) is 1.58. The van der Waals surface area contributed by atoms with Gasteiger partial charge in [0.25, 0.3) is 0 Å². The van der Waals surface area contributed by atoms with Crippen LogP contribution in [-0.4, -0.2) is 24.7 Å². The Morgan fingerprint density at radius 3 is 2.82 bits per heavy atom. The lowest BCUT2D eigenvalue weighted by Gasteiger charge is -2.14. The molecule has 4 nitrogen and oxygen atoms in total. The maximum Gasteiger partial charge on any atom is 0.325 e. The first-order valence-corrected chi connectivity index (χ1v) is 5.14. The molecule has 0 fully saturated rings. The van der Waals surface area contributed by atoms with Gasteiger partial charge in [-0.15, -0.1) is 6.42 Å². The third kappa shape index (κ3) is 3.23. The van der Waals surface area contributed by atoms with Gasteiger partial charge in [-0.25, -0.2) is 0 Å². The second-order valence-corrected chi connectivity index (χ2v) is 3.59. The van der Waals surface area contributed by atoms with Crippen molar-refractivity contribution < 1.29 is 14.6 Å². The van der Waals surface area contributed by atoms with E-state index in [1.54, 1.807) is 25.3 Å². The van der Waals surface area contributed by atoms with Crippen LogP contribution in [0.2, 0.25) is 0 Å². The zero-order valence-electron chi connectivity index (χ0n) is 9.86. The molecule has 0 heterocycles. The van der Waals surface area contributed by atoms with E-state index in [4.69, 9.17) is 16.3 Å². The smallest absolute Gasteiger partial charge is 0.325 e. The van der Waals surface area contributed by atoms with Crippen molar-refractivity contribution in [3.8, 4) is 18.1 Å². The summed E-state index contributed by atoms with van der Waals surface area (Å²) in [4.78, 5) is 11.1. The van der Waals surface area contributed by atoms with Crippen LogP contribution in [0.15, 0.2) is 18.2 Å². The van der Waals surface area contributed by atoms with Crippen molar-refractivity contribution >= 4 is 5.97 Å². The average molecular weight is 233 g/mol. The molecule has 0 bridgehead atoms. The minimum Gasteiger partial charge on any atom is -0.496 e. The van der Waals surface area contributed by atoms with E-state index in [1.807, 2.05) is 6.92 Å². The number of rotatable bonds is 5. The lowest BCUT2D eigenvalue weighted by Crippen LogP contribution is -2.28. The standard InChI is InChI=1S/C13H15NO3/c1-4-7-14-12(13(15)16)10-5-6-11(17-3)9(2)8-10/h1,5-6,8,12,14H,7H2,2-3H3,(H,15,16). The summed E-state index contributed by atoms with van der Waals surface area (Å²) in [5, 5.41) is 11.9. The molecule has 0 saturated carbocycles. The molecule has 0 amide bonds. The van der Waals surface area contributed by atoms with Gasteiger partial charge < -0.3 is 9.84 Å². The molecule has 0 aliphatic rings. The summed E-state index contributed by atoms with van der Waals surface area (Å²) in [5.74, 6) is 2.14.